The molecule has 1 atom stereocenters. The van der Waals surface area contributed by atoms with Crippen LogP contribution in [0.1, 0.15) is 56.4 Å². The largest absolute Gasteiger partial charge is 0.309 e. The molecule has 1 heterocycles. The third-order valence-corrected chi connectivity index (χ3v) is 5.22. The molecule has 0 aliphatic heterocycles. The molecule has 1 aliphatic carbocycles. The van der Waals surface area contributed by atoms with Crippen LogP contribution in [0, 0.1) is 5.92 Å². The van der Waals surface area contributed by atoms with Gasteiger partial charge in [0.05, 0.1) is 5.02 Å². The van der Waals surface area contributed by atoms with Crippen LogP contribution in [0.2, 0.25) is 5.02 Å². The van der Waals surface area contributed by atoms with Crippen molar-refractivity contribution in [3.05, 3.63) is 21.3 Å². The molecule has 0 saturated heterocycles. The average molecular weight is 272 g/mol. The van der Waals surface area contributed by atoms with Crippen molar-refractivity contribution in [3.8, 4) is 0 Å². The van der Waals surface area contributed by atoms with E-state index < -0.39 is 0 Å². The molecule has 3 heteroatoms. The zero-order chi connectivity index (χ0) is 12.1. The molecular weight excluding hydrogens is 250 g/mol. The Labute approximate surface area is 114 Å². The highest BCUT2D eigenvalue weighted by Crippen LogP contribution is 2.35. The van der Waals surface area contributed by atoms with Crippen molar-refractivity contribution in [2.75, 3.05) is 6.54 Å². The van der Waals surface area contributed by atoms with Crippen molar-refractivity contribution in [3.63, 3.8) is 0 Å². The molecule has 1 N–H and O–H groups in total. The van der Waals surface area contributed by atoms with E-state index in [1.54, 1.807) is 11.3 Å². The lowest BCUT2D eigenvalue weighted by molar-refractivity contribution is 0.420. The second-order valence-electron chi connectivity index (χ2n) is 4.97. The summed E-state index contributed by atoms with van der Waals surface area (Å²) in [5, 5.41) is 6.61. The molecule has 0 spiro atoms. The van der Waals surface area contributed by atoms with Crippen LogP contribution >= 0.6 is 22.9 Å². The lowest BCUT2D eigenvalue weighted by Gasteiger charge is -2.19. The number of hydrogen-bond acceptors (Lipinski definition) is 2. The second-order valence-corrected chi connectivity index (χ2v) is 6.33. The van der Waals surface area contributed by atoms with Gasteiger partial charge in [0.25, 0.3) is 0 Å². The molecular formula is C14H22ClNS. The molecule has 1 fully saturated rings. The van der Waals surface area contributed by atoms with Gasteiger partial charge in [0.15, 0.2) is 0 Å². The topological polar surface area (TPSA) is 12.0 Å². The molecule has 0 amide bonds. The summed E-state index contributed by atoms with van der Waals surface area (Å²) in [5.74, 6) is 0.967. The van der Waals surface area contributed by atoms with Crippen LogP contribution in [0.15, 0.2) is 11.4 Å². The quantitative estimate of drug-likeness (QED) is 0.766. The first-order chi connectivity index (χ1) is 8.31. The van der Waals surface area contributed by atoms with Gasteiger partial charge < -0.3 is 5.32 Å². The maximum Gasteiger partial charge on any atom is 0.0561 e. The Balaban J connectivity index is 1.90. The van der Waals surface area contributed by atoms with Gasteiger partial charge in [0.1, 0.15) is 0 Å². The minimum atomic E-state index is 0.466. The van der Waals surface area contributed by atoms with Crippen molar-refractivity contribution in [1.29, 1.82) is 0 Å². The molecule has 1 aliphatic rings. The molecule has 96 valence electrons. The van der Waals surface area contributed by atoms with Gasteiger partial charge in [-0.3, -0.25) is 0 Å². The lowest BCUT2D eigenvalue weighted by Crippen LogP contribution is -2.20. The minimum absolute atomic E-state index is 0.466. The van der Waals surface area contributed by atoms with Crippen molar-refractivity contribution in [1.82, 2.24) is 5.32 Å². The van der Waals surface area contributed by atoms with Gasteiger partial charge in [-0.15, -0.1) is 11.3 Å². The van der Waals surface area contributed by atoms with Gasteiger partial charge in [-0.2, -0.15) is 0 Å². The number of rotatable bonds is 6. The molecule has 1 aromatic heterocycles. The third-order valence-electron chi connectivity index (χ3n) is 3.75. The van der Waals surface area contributed by atoms with E-state index in [2.05, 4.69) is 17.6 Å². The number of hydrogen-bond donors (Lipinski definition) is 1. The standard InChI is InChI=1S/C14H22ClNS/c1-2-16-13(14-12(15)9-10-17-14)8-7-11-5-3-4-6-11/h9-11,13,16H,2-8H2,1H3. The Morgan fingerprint density at radius 2 is 2.24 bits per heavy atom. The monoisotopic (exact) mass is 271 g/mol. The van der Waals surface area contributed by atoms with E-state index in [1.165, 1.54) is 43.4 Å². The summed E-state index contributed by atoms with van der Waals surface area (Å²) >= 11 is 8.02. The van der Waals surface area contributed by atoms with Crippen LogP contribution in [0.4, 0.5) is 0 Å². The van der Waals surface area contributed by atoms with Crippen molar-refractivity contribution < 1.29 is 0 Å². The van der Waals surface area contributed by atoms with E-state index in [1.807, 2.05) is 6.07 Å². The summed E-state index contributed by atoms with van der Waals surface area (Å²) in [7, 11) is 0. The van der Waals surface area contributed by atoms with E-state index in [9.17, 15) is 0 Å². The molecule has 1 aromatic rings. The van der Waals surface area contributed by atoms with E-state index >= 15 is 0 Å². The highest BCUT2D eigenvalue weighted by molar-refractivity contribution is 7.10. The normalized spacial score (nSPS) is 18.7. The van der Waals surface area contributed by atoms with Crippen LogP contribution in [-0.2, 0) is 0 Å². The Morgan fingerprint density at radius 1 is 1.47 bits per heavy atom. The SMILES string of the molecule is CCNC(CCC1CCCC1)c1sccc1Cl. The molecule has 0 radical (unpaired) electrons. The van der Waals surface area contributed by atoms with Crippen LogP contribution in [0.5, 0.6) is 0 Å². The molecule has 0 bridgehead atoms. The fraction of sp³-hybridized carbons (Fsp3) is 0.714. The molecule has 1 unspecified atom stereocenters. The molecule has 17 heavy (non-hydrogen) atoms. The Hall–Kier alpha value is -0.0500. The first-order valence-corrected chi connectivity index (χ1v) is 8.03. The summed E-state index contributed by atoms with van der Waals surface area (Å²) in [4.78, 5) is 1.33. The predicted octanol–water partition coefficient (Wildman–Crippen LogP) is 5.02. The Bertz CT molecular complexity index is 331. The fourth-order valence-electron chi connectivity index (χ4n) is 2.83. The maximum atomic E-state index is 6.24. The number of halogens is 1. The smallest absolute Gasteiger partial charge is 0.0561 e. The number of thiophene rings is 1. The van der Waals surface area contributed by atoms with Gasteiger partial charge >= 0.3 is 0 Å². The highest BCUT2D eigenvalue weighted by Gasteiger charge is 2.19. The molecule has 0 aromatic carbocycles. The highest BCUT2D eigenvalue weighted by atomic mass is 35.5. The van der Waals surface area contributed by atoms with Gasteiger partial charge in [-0.05, 0) is 36.8 Å². The van der Waals surface area contributed by atoms with Crippen LogP contribution < -0.4 is 5.32 Å². The van der Waals surface area contributed by atoms with Crippen molar-refractivity contribution in [2.45, 2.75) is 51.5 Å². The average Bonchev–Trinajstić information content (AvgIpc) is 2.95. The van der Waals surface area contributed by atoms with Gasteiger partial charge in [0, 0.05) is 10.9 Å². The van der Waals surface area contributed by atoms with Gasteiger partial charge in [-0.1, -0.05) is 44.2 Å². The van der Waals surface area contributed by atoms with Gasteiger partial charge in [-0.25, -0.2) is 0 Å². The van der Waals surface area contributed by atoms with E-state index in [0.717, 1.165) is 17.5 Å². The number of nitrogens with one attached hydrogen (secondary N) is 1. The van der Waals surface area contributed by atoms with Gasteiger partial charge in [0.2, 0.25) is 0 Å². The zero-order valence-electron chi connectivity index (χ0n) is 10.5. The van der Waals surface area contributed by atoms with Crippen LogP contribution in [-0.4, -0.2) is 6.54 Å². The van der Waals surface area contributed by atoms with Crippen molar-refractivity contribution >= 4 is 22.9 Å². The summed E-state index contributed by atoms with van der Waals surface area (Å²) in [5.41, 5.74) is 0. The second kappa shape index (κ2) is 6.77. The lowest BCUT2D eigenvalue weighted by atomic mass is 9.98. The van der Waals surface area contributed by atoms with Crippen molar-refractivity contribution in [2.24, 2.45) is 5.92 Å². The zero-order valence-corrected chi connectivity index (χ0v) is 12.1. The summed E-state index contributed by atoms with van der Waals surface area (Å²) in [6, 6.07) is 2.48. The Morgan fingerprint density at radius 3 is 2.82 bits per heavy atom. The first-order valence-electron chi connectivity index (χ1n) is 6.77. The predicted molar refractivity (Wildman–Crippen MR) is 76.9 cm³/mol. The molecule has 2 rings (SSSR count). The van der Waals surface area contributed by atoms with E-state index in [4.69, 9.17) is 11.6 Å². The van der Waals surface area contributed by atoms with E-state index in [0.29, 0.717) is 6.04 Å². The summed E-state index contributed by atoms with van der Waals surface area (Å²) in [6.07, 6.45) is 8.35. The summed E-state index contributed by atoms with van der Waals surface area (Å²) < 4.78 is 0. The maximum absolute atomic E-state index is 6.24. The molecule has 1 nitrogen and oxygen atoms in total. The van der Waals surface area contributed by atoms with Crippen LogP contribution in [0.3, 0.4) is 0 Å². The van der Waals surface area contributed by atoms with E-state index in [-0.39, 0.29) is 0 Å². The minimum Gasteiger partial charge on any atom is -0.309 e. The molecule has 1 saturated carbocycles. The fourth-order valence-corrected chi connectivity index (χ4v) is 4.13. The van der Waals surface area contributed by atoms with Crippen LogP contribution in [0.25, 0.3) is 0 Å². The third kappa shape index (κ3) is 3.70. The first kappa shape index (κ1) is 13.4. The summed E-state index contributed by atoms with van der Waals surface area (Å²) in [6.45, 7) is 3.19. The Kier molecular flexibility index (Phi) is 5.33.